The third-order valence-electron chi connectivity index (χ3n) is 9.50. The molecule has 3 N–H and O–H groups in total. The standard InChI is InChI=1S/C30H29FN4O7/c1-3-30(41)17-8-21-25-15(10-35(21)28(39)16(17)11-42-29(30)40)24-19(33-27(38)26-22(37)6-7-34(26)12-36)5-4-14-13(2)18(31)9-20(32-25)23(14)24/h8-9,12,19,22,26,37,41H,3-7,10-11H2,1-2H3,(H,33,38)/t19-,22-,26-,30-/m0/s1. The SMILES string of the molecule is CC[C@@]1(O)C(=O)OCc2c1cc1n(c2=O)Cc2c-1nc1cc(F)c(C)c3c1c2[C@@H](NC(=O)[C@@H]1[C@@H](O)CCN1C=O)CC3. The van der Waals surface area contributed by atoms with Gasteiger partial charge in [-0.05, 0) is 55.4 Å². The number of halogens is 1. The summed E-state index contributed by atoms with van der Waals surface area (Å²) in [7, 11) is 0. The molecule has 0 saturated carbocycles. The first-order valence-corrected chi connectivity index (χ1v) is 14.1. The molecular weight excluding hydrogens is 547 g/mol. The van der Waals surface area contributed by atoms with Crippen molar-refractivity contribution in [3.63, 3.8) is 0 Å². The topological polar surface area (TPSA) is 151 Å². The van der Waals surface area contributed by atoms with E-state index in [0.29, 0.717) is 58.2 Å². The van der Waals surface area contributed by atoms with Crippen molar-refractivity contribution in [3.8, 4) is 11.4 Å². The molecule has 0 unspecified atom stereocenters. The Balaban J connectivity index is 1.43. The average Bonchev–Trinajstić information content (AvgIpc) is 3.54. The van der Waals surface area contributed by atoms with E-state index in [0.717, 1.165) is 5.56 Å². The lowest BCUT2D eigenvalue weighted by molar-refractivity contribution is -0.172. The molecule has 42 heavy (non-hydrogen) atoms. The summed E-state index contributed by atoms with van der Waals surface area (Å²) in [5, 5.41) is 25.4. The monoisotopic (exact) mass is 576 g/mol. The fourth-order valence-electron chi connectivity index (χ4n) is 7.20. The first kappa shape index (κ1) is 26.7. The van der Waals surface area contributed by atoms with Crippen LogP contribution in [0.3, 0.4) is 0 Å². The number of carbonyl (C=O) groups excluding carboxylic acids is 3. The Morgan fingerprint density at radius 2 is 2.05 bits per heavy atom. The Bertz CT molecular complexity index is 1800. The van der Waals surface area contributed by atoms with Crippen LogP contribution in [0.2, 0.25) is 0 Å². The first-order chi connectivity index (χ1) is 20.1. The Morgan fingerprint density at radius 1 is 1.26 bits per heavy atom. The number of aromatic nitrogens is 2. The molecule has 4 aliphatic rings. The molecule has 3 aromatic rings. The van der Waals surface area contributed by atoms with E-state index in [1.54, 1.807) is 19.9 Å². The fourth-order valence-corrected chi connectivity index (χ4v) is 7.20. The van der Waals surface area contributed by atoms with Gasteiger partial charge >= 0.3 is 5.97 Å². The van der Waals surface area contributed by atoms with Crippen LogP contribution in [0.15, 0.2) is 16.9 Å². The molecular formula is C30H29FN4O7. The number of hydrogen-bond donors (Lipinski definition) is 3. The second-order valence-electron chi connectivity index (χ2n) is 11.6. The van der Waals surface area contributed by atoms with Crippen molar-refractivity contribution in [3.05, 3.63) is 61.7 Å². The Kier molecular flexibility index (Phi) is 5.83. The predicted octanol–water partition coefficient (Wildman–Crippen LogP) is 1.22. The second-order valence-corrected chi connectivity index (χ2v) is 11.6. The smallest absolute Gasteiger partial charge is 0.343 e. The number of nitrogens with one attached hydrogen (secondary N) is 1. The van der Waals surface area contributed by atoms with E-state index >= 15 is 4.39 Å². The summed E-state index contributed by atoms with van der Waals surface area (Å²) < 4.78 is 21.8. The zero-order valence-electron chi connectivity index (χ0n) is 23.1. The van der Waals surface area contributed by atoms with Crippen molar-refractivity contribution in [2.75, 3.05) is 6.54 Å². The van der Waals surface area contributed by atoms with Crippen molar-refractivity contribution in [1.29, 1.82) is 0 Å². The van der Waals surface area contributed by atoms with E-state index in [-0.39, 0.29) is 43.7 Å². The molecule has 3 aliphatic heterocycles. The number of benzene rings is 1. The Labute approximate surface area is 238 Å². The highest BCUT2D eigenvalue weighted by molar-refractivity contribution is 5.94. The summed E-state index contributed by atoms with van der Waals surface area (Å²) in [6, 6.07) is 1.35. The number of fused-ring (bicyclic) bond motifs is 5. The highest BCUT2D eigenvalue weighted by Crippen LogP contribution is 2.46. The number of esters is 1. The third kappa shape index (κ3) is 3.48. The summed E-state index contributed by atoms with van der Waals surface area (Å²) in [4.78, 5) is 57.4. The van der Waals surface area contributed by atoms with E-state index in [4.69, 9.17) is 9.72 Å². The van der Waals surface area contributed by atoms with Crippen LogP contribution in [0.25, 0.3) is 22.3 Å². The maximum Gasteiger partial charge on any atom is 0.343 e. The van der Waals surface area contributed by atoms with E-state index < -0.39 is 47.0 Å². The second kappa shape index (κ2) is 9.17. The van der Waals surface area contributed by atoms with E-state index in [1.165, 1.54) is 15.5 Å². The summed E-state index contributed by atoms with van der Waals surface area (Å²) in [5.74, 6) is -1.74. The van der Waals surface area contributed by atoms with Gasteiger partial charge in [0.25, 0.3) is 5.56 Å². The minimum Gasteiger partial charge on any atom is -0.458 e. The number of hydrogen-bond acceptors (Lipinski definition) is 8. The lowest BCUT2D eigenvalue weighted by atomic mass is 9.81. The number of aliphatic hydroxyl groups is 2. The summed E-state index contributed by atoms with van der Waals surface area (Å²) in [6.45, 7) is 3.44. The molecule has 218 valence electrons. The lowest BCUT2D eigenvalue weighted by Crippen LogP contribution is -2.49. The molecule has 1 aromatic carbocycles. The number of cyclic esters (lactones) is 1. The number of rotatable bonds is 4. The number of aliphatic hydroxyl groups excluding tert-OH is 1. The first-order valence-electron chi connectivity index (χ1n) is 14.1. The van der Waals surface area contributed by atoms with Crippen LogP contribution in [0, 0.1) is 12.7 Å². The number of aryl methyl sites for hydroxylation is 1. The predicted molar refractivity (Wildman–Crippen MR) is 146 cm³/mol. The van der Waals surface area contributed by atoms with Crippen LogP contribution in [-0.2, 0) is 44.3 Å². The number of likely N-dealkylation sites (tertiary alicyclic amines) is 1. The van der Waals surface area contributed by atoms with Crippen molar-refractivity contribution >= 4 is 29.2 Å². The normalized spacial score (nSPS) is 25.6. The van der Waals surface area contributed by atoms with Gasteiger partial charge < -0.3 is 29.7 Å². The molecule has 5 heterocycles. The molecule has 1 saturated heterocycles. The minimum atomic E-state index is -1.99. The van der Waals surface area contributed by atoms with E-state index in [9.17, 15) is 29.4 Å². The van der Waals surface area contributed by atoms with Crippen molar-refractivity contribution < 1.29 is 33.7 Å². The molecule has 1 fully saturated rings. The van der Waals surface area contributed by atoms with Crippen molar-refractivity contribution in [2.24, 2.45) is 0 Å². The molecule has 12 heteroatoms. The number of pyridine rings is 2. The largest absolute Gasteiger partial charge is 0.458 e. The number of carbonyl (C=O) groups is 3. The van der Waals surface area contributed by atoms with Crippen LogP contribution in [0.1, 0.15) is 65.6 Å². The number of nitrogens with zero attached hydrogens (tertiary/aromatic N) is 3. The molecule has 7 rings (SSSR count). The summed E-state index contributed by atoms with van der Waals surface area (Å²) >= 11 is 0. The van der Waals surface area contributed by atoms with Gasteiger partial charge in [0.2, 0.25) is 12.3 Å². The van der Waals surface area contributed by atoms with Crippen LogP contribution >= 0.6 is 0 Å². The van der Waals surface area contributed by atoms with Gasteiger partial charge in [-0.3, -0.25) is 14.4 Å². The molecule has 1 aliphatic carbocycles. The van der Waals surface area contributed by atoms with Crippen molar-refractivity contribution in [1.82, 2.24) is 19.8 Å². The van der Waals surface area contributed by atoms with Crippen molar-refractivity contribution in [2.45, 2.75) is 76.5 Å². The molecule has 2 amide bonds. The van der Waals surface area contributed by atoms with Crippen LogP contribution in [0.4, 0.5) is 4.39 Å². The van der Waals surface area contributed by atoms with Crippen LogP contribution < -0.4 is 10.9 Å². The van der Waals surface area contributed by atoms with E-state index in [1.807, 2.05) is 0 Å². The fraction of sp³-hybridized carbons (Fsp3) is 0.433. The molecule has 0 spiro atoms. The van der Waals surface area contributed by atoms with Gasteiger partial charge in [0, 0.05) is 29.1 Å². The molecule has 4 atom stereocenters. The van der Waals surface area contributed by atoms with Crippen LogP contribution in [-0.4, -0.2) is 61.6 Å². The Morgan fingerprint density at radius 3 is 2.79 bits per heavy atom. The van der Waals surface area contributed by atoms with Gasteiger partial charge in [0.05, 0.1) is 41.2 Å². The molecule has 0 bridgehead atoms. The van der Waals surface area contributed by atoms with E-state index in [2.05, 4.69) is 5.32 Å². The zero-order valence-corrected chi connectivity index (χ0v) is 23.1. The molecule has 2 aromatic heterocycles. The third-order valence-corrected chi connectivity index (χ3v) is 9.50. The highest BCUT2D eigenvalue weighted by atomic mass is 19.1. The lowest BCUT2D eigenvalue weighted by Gasteiger charge is -2.31. The maximum absolute atomic E-state index is 15.1. The van der Waals surface area contributed by atoms with Gasteiger partial charge in [0.1, 0.15) is 18.5 Å². The quantitative estimate of drug-likeness (QED) is 0.242. The van der Waals surface area contributed by atoms with Gasteiger partial charge in [0.15, 0.2) is 5.60 Å². The summed E-state index contributed by atoms with van der Waals surface area (Å²) in [5.41, 5.74) is 1.73. The zero-order chi connectivity index (χ0) is 29.7. The molecule has 11 nitrogen and oxygen atoms in total. The number of amides is 2. The maximum atomic E-state index is 15.1. The minimum absolute atomic E-state index is 0.00222. The van der Waals surface area contributed by atoms with Gasteiger partial charge in [-0.1, -0.05) is 6.92 Å². The van der Waals surface area contributed by atoms with Gasteiger partial charge in [-0.15, -0.1) is 0 Å². The van der Waals surface area contributed by atoms with Gasteiger partial charge in [-0.25, -0.2) is 14.2 Å². The Hall–Kier alpha value is -4.16. The average molecular weight is 577 g/mol. The van der Waals surface area contributed by atoms with Gasteiger partial charge in [-0.2, -0.15) is 0 Å². The molecule has 0 radical (unpaired) electrons. The number of ether oxygens (including phenoxy) is 1. The highest BCUT2D eigenvalue weighted by Gasteiger charge is 2.46. The van der Waals surface area contributed by atoms with Crippen LogP contribution in [0.5, 0.6) is 0 Å². The summed E-state index contributed by atoms with van der Waals surface area (Å²) in [6.07, 6.45) is 0.740.